The molecule has 0 atom stereocenters. The molecule has 0 aromatic rings. The van der Waals surface area contributed by atoms with Gasteiger partial charge in [0.15, 0.2) is 0 Å². The van der Waals surface area contributed by atoms with E-state index in [1.54, 1.807) is 0 Å². The van der Waals surface area contributed by atoms with Crippen LogP contribution in [0.3, 0.4) is 0 Å². The molecule has 0 fully saturated rings. The molecule has 0 bridgehead atoms. The van der Waals surface area contributed by atoms with E-state index in [4.69, 9.17) is 4.79 Å². The molecule has 5 heavy (non-hydrogen) atoms. The van der Waals surface area contributed by atoms with E-state index in [2.05, 4.69) is 5.73 Å². The minimum Gasteiger partial charge on any atom is -0.372 e. The van der Waals surface area contributed by atoms with Crippen LogP contribution in [0.15, 0.2) is 0 Å². The first-order valence-electron chi connectivity index (χ1n) is 0.569. The molecule has 0 saturated carbocycles. The average molecular weight is 78.1 g/mol. The maximum Gasteiger partial charge on any atom is 0.204 e. The van der Waals surface area contributed by atoms with Crippen LogP contribution in [0.4, 0.5) is 0 Å². The molecule has 0 aliphatic carbocycles. The Morgan fingerprint density at radius 2 is 1.60 bits per heavy atom. The first-order valence-corrected chi connectivity index (χ1v) is 0.569. The Morgan fingerprint density at radius 3 is 1.60 bits per heavy atom. The fourth-order valence-electron chi connectivity index (χ4n) is 0. The largest absolute Gasteiger partial charge is 0.372 e. The van der Waals surface area contributed by atoms with E-state index in [-0.39, 0.29) is 20.0 Å². The number of hydrogen-bond acceptors (Lipinski definition) is 2. The smallest absolute Gasteiger partial charge is 0.204 e. The van der Waals surface area contributed by atoms with Gasteiger partial charge in [0.1, 0.15) is 0 Å². The normalized spacial score (nSPS) is 2.40. The number of carbonyl (C=O) groups excluding carboxylic acids is 1. The summed E-state index contributed by atoms with van der Waals surface area (Å²) in [6.07, 6.45) is 0.250. The SMILES string of the molecule is C.N.NC=O. The highest BCUT2D eigenvalue weighted by molar-refractivity contribution is 5.42. The minimum atomic E-state index is 0. The van der Waals surface area contributed by atoms with E-state index in [0.717, 1.165) is 0 Å². The molecular formula is C2H10N2O. The van der Waals surface area contributed by atoms with Crippen molar-refractivity contribution in [3.05, 3.63) is 0 Å². The molecule has 0 aliphatic rings. The zero-order valence-corrected chi connectivity index (χ0v) is 2.27. The lowest BCUT2D eigenvalue weighted by atomic mass is 11.5. The van der Waals surface area contributed by atoms with E-state index >= 15 is 0 Å². The first-order chi connectivity index (χ1) is 1.41. The summed E-state index contributed by atoms with van der Waals surface area (Å²) < 4.78 is 0. The zero-order chi connectivity index (χ0) is 2.71. The van der Waals surface area contributed by atoms with Crippen molar-refractivity contribution < 1.29 is 4.79 Å². The lowest BCUT2D eigenvalue weighted by Crippen LogP contribution is -1.82. The van der Waals surface area contributed by atoms with Crippen molar-refractivity contribution in [2.24, 2.45) is 5.73 Å². The van der Waals surface area contributed by atoms with E-state index < -0.39 is 0 Å². The quantitative estimate of drug-likeness (QED) is 0.397. The molecule has 0 aliphatic heterocycles. The van der Waals surface area contributed by atoms with Crippen molar-refractivity contribution in [2.45, 2.75) is 7.43 Å². The molecule has 0 aromatic carbocycles. The minimum absolute atomic E-state index is 0. The van der Waals surface area contributed by atoms with Gasteiger partial charge in [-0.2, -0.15) is 0 Å². The van der Waals surface area contributed by atoms with Crippen LogP contribution in [-0.4, -0.2) is 6.41 Å². The number of carbonyl (C=O) groups is 1. The van der Waals surface area contributed by atoms with Crippen LogP contribution in [0.1, 0.15) is 7.43 Å². The van der Waals surface area contributed by atoms with Crippen molar-refractivity contribution in [2.75, 3.05) is 0 Å². The number of hydrogen-bond donors (Lipinski definition) is 2. The summed E-state index contributed by atoms with van der Waals surface area (Å²) in [6.45, 7) is 0. The van der Waals surface area contributed by atoms with Gasteiger partial charge in [-0.25, -0.2) is 0 Å². The summed E-state index contributed by atoms with van der Waals surface area (Å²) in [5.41, 5.74) is 4.17. The van der Waals surface area contributed by atoms with Gasteiger partial charge in [-0.15, -0.1) is 0 Å². The third kappa shape index (κ3) is 21.6. The van der Waals surface area contributed by atoms with Gasteiger partial charge in [-0.1, -0.05) is 7.43 Å². The molecule has 34 valence electrons. The first kappa shape index (κ1) is 25.5. The fourth-order valence-corrected chi connectivity index (χ4v) is 0. The molecule has 0 radical (unpaired) electrons. The highest BCUT2D eigenvalue weighted by Gasteiger charge is 1.19. The average Bonchev–Trinajstić information content (AvgIpc) is 0.918. The van der Waals surface area contributed by atoms with Crippen LogP contribution in [0.5, 0.6) is 0 Å². The van der Waals surface area contributed by atoms with Gasteiger partial charge >= 0.3 is 0 Å². The van der Waals surface area contributed by atoms with E-state index in [0.29, 0.717) is 0 Å². The van der Waals surface area contributed by atoms with Crippen molar-refractivity contribution in [1.29, 1.82) is 0 Å². The van der Waals surface area contributed by atoms with Crippen LogP contribution in [0.2, 0.25) is 0 Å². The Balaban J connectivity index is -0.0000000200. The second kappa shape index (κ2) is 110. The topological polar surface area (TPSA) is 78.1 Å². The van der Waals surface area contributed by atoms with Gasteiger partial charge in [0.25, 0.3) is 0 Å². The molecule has 0 aromatic heterocycles. The van der Waals surface area contributed by atoms with Gasteiger partial charge in [-0.3, -0.25) is 4.79 Å². The van der Waals surface area contributed by atoms with Crippen molar-refractivity contribution in [3.63, 3.8) is 0 Å². The summed E-state index contributed by atoms with van der Waals surface area (Å²) >= 11 is 0. The number of rotatable bonds is 0. The standard InChI is InChI=1S/CH3NO.CH4.H3N/c2-1-3;;/h1H,(H2,2,3);1H4;1H3. The van der Waals surface area contributed by atoms with Gasteiger partial charge in [0.2, 0.25) is 6.41 Å². The van der Waals surface area contributed by atoms with Crippen molar-refractivity contribution in [1.82, 2.24) is 6.15 Å². The van der Waals surface area contributed by atoms with E-state index in [1.807, 2.05) is 0 Å². The summed E-state index contributed by atoms with van der Waals surface area (Å²) in [4.78, 5) is 8.58. The predicted octanol–water partition coefficient (Wildman–Crippen LogP) is -0.100. The Morgan fingerprint density at radius 1 is 1.60 bits per heavy atom. The Labute approximate surface area is 31.7 Å². The molecule has 0 heterocycles. The summed E-state index contributed by atoms with van der Waals surface area (Å²) in [5, 5.41) is 0. The molecular weight excluding hydrogens is 68.0 g/mol. The van der Waals surface area contributed by atoms with Gasteiger partial charge in [-0.05, 0) is 0 Å². The van der Waals surface area contributed by atoms with Gasteiger partial charge < -0.3 is 11.9 Å². The van der Waals surface area contributed by atoms with Gasteiger partial charge in [0, 0.05) is 0 Å². The van der Waals surface area contributed by atoms with Crippen LogP contribution in [-0.2, 0) is 4.79 Å². The van der Waals surface area contributed by atoms with Crippen LogP contribution in [0.25, 0.3) is 0 Å². The maximum absolute atomic E-state index is 8.58. The Bertz CT molecular complexity index is 15.1. The molecule has 0 spiro atoms. The molecule has 1 amide bonds. The maximum atomic E-state index is 8.58. The summed E-state index contributed by atoms with van der Waals surface area (Å²) in [6, 6.07) is 0. The number of amides is 1. The second-order valence-corrected chi connectivity index (χ2v) is 0.136. The monoisotopic (exact) mass is 78.1 g/mol. The van der Waals surface area contributed by atoms with E-state index in [9.17, 15) is 0 Å². The number of nitrogens with two attached hydrogens (primary N) is 1. The molecule has 0 rings (SSSR count). The fraction of sp³-hybridized carbons (Fsp3) is 0.500. The third-order valence-corrected chi connectivity index (χ3v) is 0. The van der Waals surface area contributed by atoms with Crippen LogP contribution in [0, 0.1) is 0 Å². The van der Waals surface area contributed by atoms with Crippen molar-refractivity contribution in [3.8, 4) is 0 Å². The lowest BCUT2D eigenvalue weighted by Gasteiger charge is -1.32. The molecule has 3 heteroatoms. The number of primary amides is 1. The Hall–Kier alpha value is -0.570. The summed E-state index contributed by atoms with van der Waals surface area (Å²) in [7, 11) is 0. The van der Waals surface area contributed by atoms with Crippen LogP contribution >= 0.6 is 0 Å². The Kier molecular flexibility index (Phi) is 558. The van der Waals surface area contributed by atoms with Crippen LogP contribution < -0.4 is 11.9 Å². The highest BCUT2D eigenvalue weighted by Crippen LogP contribution is 0.798. The van der Waals surface area contributed by atoms with E-state index in [1.165, 1.54) is 0 Å². The van der Waals surface area contributed by atoms with Crippen molar-refractivity contribution >= 4 is 6.41 Å². The highest BCUT2D eigenvalue weighted by atomic mass is 16.1. The molecule has 0 unspecified atom stereocenters. The molecule has 5 N–H and O–H groups in total. The van der Waals surface area contributed by atoms with Gasteiger partial charge in [0.05, 0.1) is 0 Å². The second-order valence-electron chi connectivity index (χ2n) is 0.136. The molecule has 0 saturated heterocycles. The molecule has 3 nitrogen and oxygen atoms in total. The summed E-state index contributed by atoms with van der Waals surface area (Å²) in [5.74, 6) is 0. The third-order valence-electron chi connectivity index (χ3n) is 0. The zero-order valence-electron chi connectivity index (χ0n) is 2.27. The predicted molar refractivity (Wildman–Crippen MR) is 22.0 cm³/mol. The lowest BCUT2D eigenvalue weighted by molar-refractivity contribution is -0.106.